The molecule has 2 heterocycles. The molecule has 1 fully saturated rings. The average molecular weight is 388 g/mol. The Morgan fingerprint density at radius 1 is 1.07 bits per heavy atom. The minimum absolute atomic E-state index is 0.0671. The summed E-state index contributed by atoms with van der Waals surface area (Å²) in [5.41, 5.74) is 2.41. The average Bonchev–Trinajstić information content (AvgIpc) is 2.73. The molecule has 0 saturated carbocycles. The Balaban J connectivity index is 1.46. The zero-order chi connectivity index (χ0) is 18.7. The van der Waals surface area contributed by atoms with Crippen molar-refractivity contribution in [3.63, 3.8) is 0 Å². The van der Waals surface area contributed by atoms with Crippen LogP contribution in [-0.2, 0) is 34.1 Å². The number of hydrogen-bond acceptors (Lipinski definition) is 6. The molecule has 27 heavy (non-hydrogen) atoms. The third kappa shape index (κ3) is 4.28. The topological polar surface area (TPSA) is 84.4 Å². The van der Waals surface area contributed by atoms with Crippen molar-refractivity contribution in [1.29, 1.82) is 0 Å². The van der Waals surface area contributed by atoms with E-state index < -0.39 is 10.0 Å². The molecule has 1 N–H and O–H groups in total. The van der Waals surface area contributed by atoms with Gasteiger partial charge in [-0.3, -0.25) is 0 Å². The number of fused-ring (bicyclic) bond motifs is 1. The molecule has 1 aliphatic carbocycles. The molecule has 2 aromatic rings. The highest BCUT2D eigenvalue weighted by Gasteiger charge is 2.19. The van der Waals surface area contributed by atoms with E-state index in [4.69, 9.17) is 4.74 Å². The second-order valence-electron chi connectivity index (χ2n) is 6.89. The fourth-order valence-electron chi connectivity index (χ4n) is 3.56. The highest BCUT2D eigenvalue weighted by atomic mass is 32.2. The van der Waals surface area contributed by atoms with Gasteiger partial charge in [0.15, 0.2) is 0 Å². The number of ether oxygens (including phenoxy) is 1. The van der Waals surface area contributed by atoms with Crippen LogP contribution in [0, 0.1) is 0 Å². The fourth-order valence-corrected chi connectivity index (χ4v) is 4.59. The number of morpholine rings is 1. The summed E-state index contributed by atoms with van der Waals surface area (Å²) in [5.74, 6) is 1.26. The van der Waals surface area contributed by atoms with E-state index >= 15 is 0 Å². The summed E-state index contributed by atoms with van der Waals surface area (Å²) in [5, 5.41) is 0. The Bertz CT molecular complexity index is 911. The number of rotatable bonds is 5. The molecule has 8 heteroatoms. The normalized spacial score (nSPS) is 17.6. The molecular formula is C19H24N4O3S. The summed E-state index contributed by atoms with van der Waals surface area (Å²) in [6.45, 7) is 2.96. The second kappa shape index (κ2) is 7.92. The van der Waals surface area contributed by atoms with Crippen molar-refractivity contribution in [3.8, 4) is 0 Å². The number of hydrogen-bond donors (Lipinski definition) is 1. The van der Waals surface area contributed by atoms with Crippen LogP contribution >= 0.6 is 0 Å². The number of aryl methyl sites for hydroxylation is 2. The first-order chi connectivity index (χ1) is 13.1. The minimum Gasteiger partial charge on any atom is -0.378 e. The number of aromatic nitrogens is 2. The molecule has 4 rings (SSSR count). The number of nitrogens with one attached hydrogen (secondary N) is 1. The molecule has 0 spiro atoms. The Morgan fingerprint density at radius 2 is 1.85 bits per heavy atom. The first-order valence-corrected chi connectivity index (χ1v) is 10.9. The highest BCUT2D eigenvalue weighted by molar-refractivity contribution is 7.89. The zero-order valence-corrected chi connectivity index (χ0v) is 16.0. The van der Waals surface area contributed by atoms with E-state index in [-0.39, 0.29) is 6.54 Å². The van der Waals surface area contributed by atoms with E-state index in [0.29, 0.717) is 23.9 Å². The maximum atomic E-state index is 12.7. The lowest BCUT2D eigenvalue weighted by Gasteiger charge is -2.27. The van der Waals surface area contributed by atoms with E-state index in [1.807, 2.05) is 18.2 Å². The van der Waals surface area contributed by atoms with Gasteiger partial charge in [-0.25, -0.2) is 23.1 Å². The summed E-state index contributed by atoms with van der Waals surface area (Å²) in [4.78, 5) is 11.1. The molecule has 144 valence electrons. The van der Waals surface area contributed by atoms with Crippen LogP contribution in [0.15, 0.2) is 35.4 Å². The molecule has 1 aromatic carbocycles. The minimum atomic E-state index is -3.59. The van der Waals surface area contributed by atoms with Crippen molar-refractivity contribution in [2.45, 2.75) is 37.1 Å². The van der Waals surface area contributed by atoms with Crippen LogP contribution in [0.1, 0.15) is 29.8 Å². The van der Waals surface area contributed by atoms with E-state index in [0.717, 1.165) is 43.7 Å². The molecule has 0 amide bonds. The van der Waals surface area contributed by atoms with Gasteiger partial charge < -0.3 is 9.64 Å². The fraction of sp³-hybridized carbons (Fsp3) is 0.474. The van der Waals surface area contributed by atoms with Gasteiger partial charge >= 0.3 is 0 Å². The van der Waals surface area contributed by atoms with Crippen LogP contribution in [0.5, 0.6) is 0 Å². The van der Waals surface area contributed by atoms with Crippen LogP contribution in [0.25, 0.3) is 0 Å². The first-order valence-electron chi connectivity index (χ1n) is 9.38. The van der Waals surface area contributed by atoms with Gasteiger partial charge in [-0.15, -0.1) is 0 Å². The summed E-state index contributed by atoms with van der Waals surface area (Å²) in [6.07, 6.45) is 5.94. The second-order valence-corrected chi connectivity index (χ2v) is 8.66. The van der Waals surface area contributed by atoms with Crippen molar-refractivity contribution >= 4 is 15.8 Å². The third-order valence-corrected chi connectivity index (χ3v) is 6.48. The number of nitrogens with zero attached hydrogens (tertiary/aromatic N) is 3. The quantitative estimate of drug-likeness (QED) is 0.839. The predicted octanol–water partition coefficient (Wildman–Crippen LogP) is 1.67. The first kappa shape index (κ1) is 18.3. The smallest absolute Gasteiger partial charge is 0.240 e. The molecule has 0 unspecified atom stereocenters. The van der Waals surface area contributed by atoms with Gasteiger partial charge in [0, 0.05) is 19.3 Å². The Morgan fingerprint density at radius 3 is 2.67 bits per heavy atom. The predicted molar refractivity (Wildman–Crippen MR) is 102 cm³/mol. The van der Waals surface area contributed by atoms with Crippen LogP contribution < -0.4 is 9.62 Å². The van der Waals surface area contributed by atoms with Crippen LogP contribution in [0.3, 0.4) is 0 Å². The lowest BCUT2D eigenvalue weighted by atomic mass is 9.92. The van der Waals surface area contributed by atoms with Gasteiger partial charge in [-0.05, 0) is 55.0 Å². The Hall–Kier alpha value is -2.03. The maximum absolute atomic E-state index is 12.7. The molecular weight excluding hydrogens is 364 g/mol. The SMILES string of the molecule is O=S(=O)(NCc1nccc(N2CCOCC2)n1)c1ccc2c(c1)CCCC2. The molecule has 1 saturated heterocycles. The van der Waals surface area contributed by atoms with Crippen molar-refractivity contribution in [2.75, 3.05) is 31.2 Å². The largest absolute Gasteiger partial charge is 0.378 e. The van der Waals surface area contributed by atoms with Gasteiger partial charge in [0.25, 0.3) is 0 Å². The maximum Gasteiger partial charge on any atom is 0.240 e. The van der Waals surface area contributed by atoms with Crippen LogP contribution in [0.2, 0.25) is 0 Å². The van der Waals surface area contributed by atoms with Gasteiger partial charge in [0.05, 0.1) is 24.7 Å². The summed E-state index contributed by atoms with van der Waals surface area (Å²) >= 11 is 0. The standard InChI is InChI=1S/C19H24N4O3S/c24-27(25,17-6-5-15-3-1-2-4-16(15)13-17)21-14-18-20-8-7-19(22-18)23-9-11-26-12-10-23/h5-8,13,21H,1-4,9-12,14H2. The lowest BCUT2D eigenvalue weighted by Crippen LogP contribution is -2.37. The lowest BCUT2D eigenvalue weighted by molar-refractivity contribution is 0.122. The van der Waals surface area contributed by atoms with Gasteiger partial charge in [-0.1, -0.05) is 6.07 Å². The van der Waals surface area contributed by atoms with Crippen molar-refractivity contribution in [3.05, 3.63) is 47.4 Å². The van der Waals surface area contributed by atoms with Crippen LogP contribution in [-0.4, -0.2) is 44.7 Å². The van der Waals surface area contributed by atoms with Crippen molar-refractivity contribution in [2.24, 2.45) is 0 Å². The number of sulfonamides is 1. The molecule has 0 bridgehead atoms. The summed E-state index contributed by atoms with van der Waals surface area (Å²) < 4.78 is 33.4. The van der Waals surface area contributed by atoms with Crippen molar-refractivity contribution < 1.29 is 13.2 Å². The number of benzene rings is 1. The monoisotopic (exact) mass is 388 g/mol. The van der Waals surface area contributed by atoms with E-state index in [1.54, 1.807) is 12.3 Å². The molecule has 1 aliphatic heterocycles. The Labute approximate surface area is 159 Å². The van der Waals surface area contributed by atoms with Crippen molar-refractivity contribution in [1.82, 2.24) is 14.7 Å². The Kier molecular flexibility index (Phi) is 5.38. The highest BCUT2D eigenvalue weighted by Crippen LogP contribution is 2.24. The summed E-state index contributed by atoms with van der Waals surface area (Å²) in [7, 11) is -3.59. The zero-order valence-electron chi connectivity index (χ0n) is 15.2. The van der Waals surface area contributed by atoms with Crippen LogP contribution in [0.4, 0.5) is 5.82 Å². The molecule has 0 atom stereocenters. The van der Waals surface area contributed by atoms with Gasteiger partial charge in [0.1, 0.15) is 11.6 Å². The summed E-state index contributed by atoms with van der Waals surface area (Å²) in [6, 6.07) is 7.28. The van der Waals surface area contributed by atoms with Gasteiger partial charge in [0.2, 0.25) is 10.0 Å². The third-order valence-electron chi connectivity index (χ3n) is 5.08. The number of anilines is 1. The molecule has 1 aromatic heterocycles. The molecule has 2 aliphatic rings. The van der Waals surface area contributed by atoms with E-state index in [1.165, 1.54) is 12.0 Å². The molecule has 0 radical (unpaired) electrons. The van der Waals surface area contributed by atoms with E-state index in [2.05, 4.69) is 19.6 Å². The van der Waals surface area contributed by atoms with E-state index in [9.17, 15) is 8.42 Å². The van der Waals surface area contributed by atoms with Gasteiger partial charge in [-0.2, -0.15) is 0 Å². The molecule has 7 nitrogen and oxygen atoms in total.